The van der Waals surface area contributed by atoms with Crippen LogP contribution in [0, 0.1) is 12.7 Å². The number of carbonyl (C=O) groups excluding carboxylic acids is 2. The van der Waals surface area contributed by atoms with Gasteiger partial charge in [-0.3, -0.25) is 9.59 Å². The first-order valence-electron chi connectivity index (χ1n) is 10.3. The van der Waals surface area contributed by atoms with E-state index in [9.17, 15) is 14.0 Å². The van der Waals surface area contributed by atoms with Crippen molar-refractivity contribution in [1.82, 2.24) is 10.2 Å². The molecule has 0 spiro atoms. The lowest BCUT2D eigenvalue weighted by atomic mass is 10.1. The maximum Gasteiger partial charge on any atom is 0.242 e. The van der Waals surface area contributed by atoms with Gasteiger partial charge in [0.15, 0.2) is 0 Å². The molecule has 0 aliphatic heterocycles. The summed E-state index contributed by atoms with van der Waals surface area (Å²) in [7, 11) is 0. The summed E-state index contributed by atoms with van der Waals surface area (Å²) in [6, 6.07) is 13.7. The predicted molar refractivity (Wildman–Crippen MR) is 122 cm³/mol. The van der Waals surface area contributed by atoms with Gasteiger partial charge in [0.2, 0.25) is 11.8 Å². The van der Waals surface area contributed by atoms with Crippen molar-refractivity contribution in [2.45, 2.75) is 58.5 Å². The fourth-order valence-corrected chi connectivity index (χ4v) is 3.85. The van der Waals surface area contributed by atoms with E-state index in [1.807, 2.05) is 45.0 Å². The summed E-state index contributed by atoms with van der Waals surface area (Å²) >= 11 is 1.46. The second kappa shape index (κ2) is 11.7. The van der Waals surface area contributed by atoms with Gasteiger partial charge in [-0.1, -0.05) is 48.9 Å². The molecule has 2 aromatic carbocycles. The van der Waals surface area contributed by atoms with Crippen molar-refractivity contribution >= 4 is 23.6 Å². The van der Waals surface area contributed by atoms with Crippen LogP contribution in [0.3, 0.4) is 0 Å². The number of nitrogens with one attached hydrogen (secondary N) is 1. The molecule has 1 N–H and O–H groups in total. The quantitative estimate of drug-likeness (QED) is 0.594. The molecule has 2 rings (SSSR count). The van der Waals surface area contributed by atoms with Gasteiger partial charge in [-0.05, 0) is 50.5 Å². The molecular formula is C24H31FN2O2S. The molecule has 162 valence electrons. The van der Waals surface area contributed by atoms with Crippen LogP contribution >= 0.6 is 11.8 Å². The SMILES string of the molecule is CC[C@@H](C)NC(=O)[C@H](C)N(Cc1cccc(C)c1)C(=O)CSCc1ccc(F)cc1. The summed E-state index contributed by atoms with van der Waals surface area (Å²) in [6.07, 6.45) is 0.831. The molecule has 2 aromatic rings. The van der Waals surface area contributed by atoms with Crippen LogP contribution in [0.15, 0.2) is 48.5 Å². The molecular weight excluding hydrogens is 399 g/mol. The summed E-state index contributed by atoms with van der Waals surface area (Å²) in [4.78, 5) is 27.4. The van der Waals surface area contributed by atoms with E-state index in [-0.39, 0.29) is 29.4 Å². The Morgan fingerprint density at radius 3 is 2.43 bits per heavy atom. The van der Waals surface area contributed by atoms with E-state index in [1.165, 1.54) is 23.9 Å². The molecule has 0 unspecified atom stereocenters. The minimum atomic E-state index is -0.571. The van der Waals surface area contributed by atoms with Gasteiger partial charge < -0.3 is 10.2 Å². The molecule has 0 saturated heterocycles. The van der Waals surface area contributed by atoms with Crippen molar-refractivity contribution in [1.29, 1.82) is 0 Å². The first-order valence-corrected chi connectivity index (χ1v) is 11.4. The Morgan fingerprint density at radius 2 is 1.80 bits per heavy atom. The van der Waals surface area contributed by atoms with Crippen LogP contribution in [0.5, 0.6) is 0 Å². The summed E-state index contributed by atoms with van der Waals surface area (Å²) in [5, 5.41) is 2.97. The second-order valence-electron chi connectivity index (χ2n) is 7.62. The van der Waals surface area contributed by atoms with E-state index in [2.05, 4.69) is 5.32 Å². The van der Waals surface area contributed by atoms with Crippen molar-refractivity contribution in [3.63, 3.8) is 0 Å². The third-order valence-electron chi connectivity index (χ3n) is 5.01. The summed E-state index contributed by atoms with van der Waals surface area (Å²) < 4.78 is 13.1. The fourth-order valence-electron chi connectivity index (χ4n) is 2.98. The number of hydrogen-bond acceptors (Lipinski definition) is 3. The highest BCUT2D eigenvalue weighted by atomic mass is 32.2. The fraction of sp³-hybridized carbons (Fsp3) is 0.417. The molecule has 2 atom stereocenters. The van der Waals surface area contributed by atoms with Crippen LogP contribution in [-0.4, -0.2) is 34.6 Å². The molecule has 0 aliphatic carbocycles. The predicted octanol–water partition coefficient (Wildman–Crippen LogP) is 4.70. The Kier molecular flexibility index (Phi) is 9.37. The van der Waals surface area contributed by atoms with Crippen LogP contribution in [-0.2, 0) is 21.9 Å². The van der Waals surface area contributed by atoms with Crippen LogP contribution in [0.1, 0.15) is 43.9 Å². The molecule has 0 bridgehead atoms. The average Bonchev–Trinajstić information content (AvgIpc) is 2.72. The van der Waals surface area contributed by atoms with Crippen LogP contribution < -0.4 is 5.32 Å². The monoisotopic (exact) mass is 430 g/mol. The number of amides is 2. The Bertz CT molecular complexity index is 841. The highest BCUT2D eigenvalue weighted by molar-refractivity contribution is 7.99. The number of hydrogen-bond donors (Lipinski definition) is 1. The Hall–Kier alpha value is -2.34. The third-order valence-corrected chi connectivity index (χ3v) is 6.00. The number of aryl methyl sites for hydroxylation is 1. The van der Waals surface area contributed by atoms with E-state index < -0.39 is 6.04 Å². The van der Waals surface area contributed by atoms with Gasteiger partial charge in [-0.15, -0.1) is 11.8 Å². The van der Waals surface area contributed by atoms with Gasteiger partial charge >= 0.3 is 0 Å². The second-order valence-corrected chi connectivity index (χ2v) is 8.61. The highest BCUT2D eigenvalue weighted by Crippen LogP contribution is 2.17. The number of carbonyl (C=O) groups is 2. The molecule has 6 heteroatoms. The largest absolute Gasteiger partial charge is 0.352 e. The van der Waals surface area contributed by atoms with Gasteiger partial charge in [-0.2, -0.15) is 0 Å². The van der Waals surface area contributed by atoms with E-state index in [0.29, 0.717) is 12.3 Å². The third kappa shape index (κ3) is 7.48. The smallest absolute Gasteiger partial charge is 0.242 e. The maximum absolute atomic E-state index is 13.1. The minimum Gasteiger partial charge on any atom is -0.352 e. The number of thioether (sulfide) groups is 1. The maximum atomic E-state index is 13.1. The molecule has 4 nitrogen and oxygen atoms in total. The van der Waals surface area contributed by atoms with Crippen molar-refractivity contribution in [3.05, 3.63) is 71.0 Å². The first kappa shape index (κ1) is 23.9. The topological polar surface area (TPSA) is 49.4 Å². The van der Waals surface area contributed by atoms with Gasteiger partial charge in [0.05, 0.1) is 5.75 Å². The Morgan fingerprint density at radius 1 is 1.10 bits per heavy atom. The normalized spacial score (nSPS) is 12.8. The number of halogens is 1. The molecule has 0 saturated carbocycles. The molecule has 0 heterocycles. The van der Waals surface area contributed by atoms with E-state index in [1.54, 1.807) is 24.0 Å². The van der Waals surface area contributed by atoms with Crippen LogP contribution in [0.2, 0.25) is 0 Å². The zero-order valence-corrected chi connectivity index (χ0v) is 19.0. The molecule has 2 amide bonds. The summed E-state index contributed by atoms with van der Waals surface area (Å²) in [5.74, 6) is 0.358. The number of benzene rings is 2. The van der Waals surface area contributed by atoms with Gasteiger partial charge in [0.1, 0.15) is 11.9 Å². The summed E-state index contributed by atoms with van der Waals surface area (Å²) in [5.41, 5.74) is 3.07. The molecule has 30 heavy (non-hydrogen) atoms. The summed E-state index contributed by atoms with van der Waals surface area (Å²) in [6.45, 7) is 8.13. The Labute approximate surface area is 183 Å². The lowest BCUT2D eigenvalue weighted by molar-refractivity contribution is -0.138. The molecule has 0 aliphatic rings. The highest BCUT2D eigenvalue weighted by Gasteiger charge is 2.26. The van der Waals surface area contributed by atoms with Crippen molar-refractivity contribution in [2.75, 3.05) is 5.75 Å². The lowest BCUT2D eigenvalue weighted by Gasteiger charge is -2.29. The standard InChI is InChI=1S/C24H31FN2O2S/c1-5-18(3)26-24(29)19(4)27(14-21-8-6-7-17(2)13-21)23(28)16-30-15-20-9-11-22(25)12-10-20/h6-13,18-19H,5,14-16H2,1-4H3,(H,26,29)/t18-,19+/m1/s1. The van der Waals surface area contributed by atoms with E-state index in [4.69, 9.17) is 0 Å². The van der Waals surface area contributed by atoms with Crippen molar-refractivity contribution < 1.29 is 14.0 Å². The van der Waals surface area contributed by atoms with Gasteiger partial charge in [-0.25, -0.2) is 4.39 Å². The van der Waals surface area contributed by atoms with Crippen molar-refractivity contribution in [3.8, 4) is 0 Å². The van der Waals surface area contributed by atoms with Crippen LogP contribution in [0.4, 0.5) is 4.39 Å². The molecule has 0 aromatic heterocycles. The zero-order valence-electron chi connectivity index (χ0n) is 18.2. The number of rotatable bonds is 10. The van der Waals surface area contributed by atoms with Crippen molar-refractivity contribution in [2.24, 2.45) is 0 Å². The zero-order chi connectivity index (χ0) is 22.1. The number of nitrogens with zero attached hydrogens (tertiary/aromatic N) is 1. The van der Waals surface area contributed by atoms with E-state index >= 15 is 0 Å². The molecule has 0 fully saturated rings. The van der Waals surface area contributed by atoms with Crippen LogP contribution in [0.25, 0.3) is 0 Å². The minimum absolute atomic E-state index is 0.0590. The van der Waals surface area contributed by atoms with E-state index in [0.717, 1.165) is 23.1 Å². The lowest BCUT2D eigenvalue weighted by Crippen LogP contribution is -2.50. The average molecular weight is 431 g/mol. The van der Waals surface area contributed by atoms with Gasteiger partial charge in [0.25, 0.3) is 0 Å². The first-order chi connectivity index (χ1) is 14.3. The van der Waals surface area contributed by atoms with Gasteiger partial charge in [0, 0.05) is 18.3 Å². The molecule has 0 radical (unpaired) electrons. The Balaban J connectivity index is 2.07.